The Bertz CT molecular complexity index is 407. The van der Waals surface area contributed by atoms with Crippen molar-refractivity contribution in [2.45, 2.75) is 67.1 Å². The van der Waals surface area contributed by atoms with Gasteiger partial charge in [0.05, 0.1) is 0 Å². The van der Waals surface area contributed by atoms with E-state index in [9.17, 15) is 14.4 Å². The lowest BCUT2D eigenvalue weighted by Gasteiger charge is -2.31. The van der Waals surface area contributed by atoms with E-state index >= 15 is 0 Å². The summed E-state index contributed by atoms with van der Waals surface area (Å²) in [6.07, 6.45) is -0.897. The van der Waals surface area contributed by atoms with E-state index in [1.54, 1.807) is 13.8 Å². The van der Waals surface area contributed by atoms with Gasteiger partial charge in [0.15, 0.2) is 11.9 Å². The van der Waals surface area contributed by atoms with E-state index in [0.29, 0.717) is 0 Å². The van der Waals surface area contributed by atoms with Gasteiger partial charge in [-0.15, -0.1) is 0 Å². The Labute approximate surface area is 127 Å². The molecule has 0 saturated carbocycles. The first-order valence-electron chi connectivity index (χ1n) is 7.21. The van der Waals surface area contributed by atoms with Crippen molar-refractivity contribution in [2.75, 3.05) is 6.61 Å². The summed E-state index contributed by atoms with van der Waals surface area (Å²) in [7, 11) is 0. The molecule has 21 heavy (non-hydrogen) atoms. The van der Waals surface area contributed by atoms with Gasteiger partial charge in [-0.2, -0.15) is 0 Å². The second kappa shape index (κ2) is 7.16. The predicted octanol–water partition coefficient (Wildman–Crippen LogP) is 2.55. The third-order valence-corrected chi connectivity index (χ3v) is 4.03. The van der Waals surface area contributed by atoms with Gasteiger partial charge in [0, 0.05) is 12.3 Å². The minimum absolute atomic E-state index is 0.0569. The molecule has 1 atom stereocenters. The van der Waals surface area contributed by atoms with Crippen molar-refractivity contribution in [3.63, 3.8) is 0 Å². The number of hydrogen-bond acceptors (Lipinski definition) is 5. The number of ether oxygens (including phenoxy) is 2. The predicted molar refractivity (Wildman–Crippen MR) is 79.9 cm³/mol. The summed E-state index contributed by atoms with van der Waals surface area (Å²) >= 11 is 0. The molecule has 0 aliphatic carbocycles. The summed E-state index contributed by atoms with van der Waals surface area (Å²) in [5, 5.41) is 0. The summed E-state index contributed by atoms with van der Waals surface area (Å²) < 4.78 is 10.4. The van der Waals surface area contributed by atoms with Crippen LogP contribution in [0.25, 0.3) is 0 Å². The molecular weight excluding hydrogens is 272 g/mol. The number of carbonyl (C=O) groups is 3. The molecule has 1 unspecified atom stereocenters. The van der Waals surface area contributed by atoms with Crippen molar-refractivity contribution in [3.8, 4) is 0 Å². The highest BCUT2D eigenvalue weighted by molar-refractivity contribution is 5.92. The molecular formula is C16H28O5. The Balaban J connectivity index is 4.72. The minimum atomic E-state index is -1.18. The van der Waals surface area contributed by atoms with Gasteiger partial charge in [-0.05, 0) is 26.7 Å². The summed E-state index contributed by atoms with van der Waals surface area (Å²) in [4.78, 5) is 35.3. The molecule has 0 heterocycles. The molecule has 0 aliphatic heterocycles. The molecule has 0 bridgehead atoms. The molecule has 0 aromatic heterocycles. The van der Waals surface area contributed by atoms with Crippen LogP contribution in [0, 0.1) is 11.3 Å². The number of hydrogen-bond donors (Lipinski definition) is 0. The van der Waals surface area contributed by atoms with Crippen LogP contribution >= 0.6 is 0 Å². The number of esters is 1. The Morgan fingerprint density at radius 1 is 1.00 bits per heavy atom. The van der Waals surface area contributed by atoms with Crippen LogP contribution in [-0.2, 0) is 23.9 Å². The van der Waals surface area contributed by atoms with Crippen LogP contribution in [-0.4, -0.2) is 35.8 Å². The maximum absolute atomic E-state index is 12.2. The van der Waals surface area contributed by atoms with Gasteiger partial charge in [-0.3, -0.25) is 14.4 Å². The molecule has 0 aromatic carbocycles. The number of ketones is 2. The van der Waals surface area contributed by atoms with E-state index in [4.69, 9.17) is 9.47 Å². The average molecular weight is 300 g/mol. The fourth-order valence-electron chi connectivity index (χ4n) is 1.62. The molecule has 0 fully saturated rings. The summed E-state index contributed by atoms with van der Waals surface area (Å²) in [6.45, 7) is 13.4. The fourth-order valence-corrected chi connectivity index (χ4v) is 1.62. The van der Waals surface area contributed by atoms with Crippen molar-refractivity contribution < 1.29 is 23.9 Å². The van der Waals surface area contributed by atoms with E-state index in [1.807, 2.05) is 27.7 Å². The lowest BCUT2D eigenvalue weighted by molar-refractivity contribution is -0.164. The van der Waals surface area contributed by atoms with Crippen LogP contribution < -0.4 is 0 Å². The monoisotopic (exact) mass is 300 g/mol. The largest absolute Gasteiger partial charge is 0.455 e. The molecule has 122 valence electrons. The van der Waals surface area contributed by atoms with Gasteiger partial charge in [0.2, 0.25) is 5.78 Å². The summed E-state index contributed by atoms with van der Waals surface area (Å²) in [5.74, 6) is -0.776. The zero-order valence-corrected chi connectivity index (χ0v) is 14.4. The first kappa shape index (κ1) is 19.8. The van der Waals surface area contributed by atoms with Crippen LogP contribution in [0.4, 0.5) is 0 Å². The standard InChI is InChI=1S/C16H28O5/c1-10(2)15(5,6)13(18)9-20-16(7,8)14(19)11(3)21-12(4)17/h10-11H,9H2,1-8H3. The maximum Gasteiger partial charge on any atom is 0.303 e. The van der Waals surface area contributed by atoms with Gasteiger partial charge in [-0.1, -0.05) is 27.7 Å². The van der Waals surface area contributed by atoms with Crippen LogP contribution in [0.2, 0.25) is 0 Å². The Morgan fingerprint density at radius 2 is 1.48 bits per heavy atom. The quantitative estimate of drug-likeness (QED) is 0.644. The average Bonchev–Trinajstić information content (AvgIpc) is 2.33. The third-order valence-electron chi connectivity index (χ3n) is 4.03. The van der Waals surface area contributed by atoms with Gasteiger partial charge in [-0.25, -0.2) is 0 Å². The zero-order chi connectivity index (χ0) is 17.0. The topological polar surface area (TPSA) is 69.7 Å². The molecule has 0 amide bonds. The third kappa shape index (κ3) is 5.58. The number of Topliss-reactive ketones (excluding diaryl/α,β-unsaturated/α-hetero) is 2. The van der Waals surface area contributed by atoms with E-state index in [2.05, 4.69) is 0 Å². The second-order valence-corrected chi connectivity index (χ2v) is 6.71. The number of rotatable bonds is 8. The van der Waals surface area contributed by atoms with E-state index < -0.39 is 23.1 Å². The van der Waals surface area contributed by atoms with Gasteiger partial charge < -0.3 is 9.47 Å². The van der Waals surface area contributed by atoms with Crippen molar-refractivity contribution in [1.82, 2.24) is 0 Å². The zero-order valence-electron chi connectivity index (χ0n) is 14.4. The molecule has 5 nitrogen and oxygen atoms in total. The molecule has 0 aromatic rings. The highest BCUT2D eigenvalue weighted by Crippen LogP contribution is 2.28. The highest BCUT2D eigenvalue weighted by atomic mass is 16.6. The van der Waals surface area contributed by atoms with Gasteiger partial charge >= 0.3 is 5.97 Å². The van der Waals surface area contributed by atoms with Crippen molar-refractivity contribution in [3.05, 3.63) is 0 Å². The first-order chi connectivity index (χ1) is 9.32. The Kier molecular flexibility index (Phi) is 6.74. The normalized spacial score (nSPS) is 14.0. The van der Waals surface area contributed by atoms with Crippen molar-refractivity contribution in [2.24, 2.45) is 11.3 Å². The van der Waals surface area contributed by atoms with Gasteiger partial charge in [0.1, 0.15) is 12.2 Å². The smallest absolute Gasteiger partial charge is 0.303 e. The lowest BCUT2D eigenvalue weighted by Crippen LogP contribution is -2.45. The van der Waals surface area contributed by atoms with Crippen LogP contribution in [0.5, 0.6) is 0 Å². The summed E-state index contributed by atoms with van der Waals surface area (Å²) in [5.41, 5.74) is -1.70. The van der Waals surface area contributed by atoms with E-state index in [0.717, 1.165) is 0 Å². The first-order valence-corrected chi connectivity index (χ1v) is 7.21. The minimum Gasteiger partial charge on any atom is -0.455 e. The maximum atomic E-state index is 12.2. The van der Waals surface area contributed by atoms with E-state index in [-0.39, 0.29) is 24.1 Å². The SMILES string of the molecule is CC(=O)OC(C)C(=O)C(C)(C)OCC(=O)C(C)(C)C(C)C. The summed E-state index contributed by atoms with van der Waals surface area (Å²) in [6, 6.07) is 0. The number of carbonyl (C=O) groups excluding carboxylic acids is 3. The molecule has 0 saturated heterocycles. The molecule has 0 aliphatic rings. The van der Waals surface area contributed by atoms with E-state index in [1.165, 1.54) is 13.8 Å². The van der Waals surface area contributed by atoms with Crippen LogP contribution in [0.15, 0.2) is 0 Å². The fraction of sp³-hybridized carbons (Fsp3) is 0.812. The molecule has 0 rings (SSSR count). The Morgan fingerprint density at radius 3 is 1.86 bits per heavy atom. The van der Waals surface area contributed by atoms with Crippen LogP contribution in [0.3, 0.4) is 0 Å². The lowest BCUT2D eigenvalue weighted by atomic mass is 9.77. The van der Waals surface area contributed by atoms with Crippen molar-refractivity contribution >= 4 is 17.5 Å². The Hall–Kier alpha value is -1.23. The second-order valence-electron chi connectivity index (χ2n) is 6.71. The highest BCUT2D eigenvalue weighted by Gasteiger charge is 2.37. The van der Waals surface area contributed by atoms with Crippen LogP contribution in [0.1, 0.15) is 55.4 Å². The van der Waals surface area contributed by atoms with Gasteiger partial charge in [0.25, 0.3) is 0 Å². The molecule has 0 radical (unpaired) electrons. The molecule has 0 spiro atoms. The van der Waals surface area contributed by atoms with Crippen molar-refractivity contribution in [1.29, 1.82) is 0 Å². The molecule has 0 N–H and O–H groups in total. The molecule has 5 heteroatoms.